The molecule has 0 aromatic rings. The molecule has 1 spiro atoms. The van der Waals surface area contributed by atoms with Crippen LogP contribution in [0.15, 0.2) is 11.6 Å². The van der Waals surface area contributed by atoms with Crippen molar-refractivity contribution in [2.45, 2.75) is 69.5 Å². The Morgan fingerprint density at radius 2 is 2.07 bits per heavy atom. The van der Waals surface area contributed by atoms with Gasteiger partial charge in [-0.05, 0) is 40.0 Å². The fourth-order valence-corrected chi connectivity index (χ4v) is 4.45. The quantitative estimate of drug-likeness (QED) is 0.418. The number of hydrogen-bond donors (Lipinski definition) is 1. The van der Waals surface area contributed by atoms with E-state index in [1.54, 1.807) is 7.11 Å². The van der Waals surface area contributed by atoms with Gasteiger partial charge in [0.05, 0.1) is 18.6 Å². The van der Waals surface area contributed by atoms with Crippen molar-refractivity contribution in [2.75, 3.05) is 19.6 Å². The van der Waals surface area contributed by atoms with Crippen LogP contribution in [0.2, 0.25) is 0 Å². The minimum absolute atomic E-state index is 0.0548. The zero-order valence-electron chi connectivity index (χ0n) is 16.2. The molecule has 3 fully saturated rings. The van der Waals surface area contributed by atoms with Gasteiger partial charge in [0.25, 0.3) is 0 Å². The summed E-state index contributed by atoms with van der Waals surface area (Å²) in [7, 11) is 1.61. The molecule has 0 aromatic carbocycles. The van der Waals surface area contributed by atoms with Crippen molar-refractivity contribution in [3.8, 4) is 0 Å². The maximum absolute atomic E-state index is 12.0. The number of amides is 2. The molecule has 2 aliphatic heterocycles. The van der Waals surface area contributed by atoms with Crippen LogP contribution in [0.3, 0.4) is 0 Å². The molecule has 8 heteroatoms. The van der Waals surface area contributed by atoms with Gasteiger partial charge < -0.3 is 18.9 Å². The third-order valence-corrected chi connectivity index (χ3v) is 6.10. The minimum Gasteiger partial charge on any atom is -0.443 e. The van der Waals surface area contributed by atoms with Crippen molar-refractivity contribution in [1.29, 1.82) is 0 Å². The fraction of sp³-hybridized carbons (Fsp3) is 0.789. The number of allylic oxidation sites excluding steroid dienone is 1. The molecule has 7 nitrogen and oxygen atoms in total. The van der Waals surface area contributed by atoms with Gasteiger partial charge in [0.15, 0.2) is 0 Å². The van der Waals surface area contributed by atoms with Crippen LogP contribution in [0.4, 0.5) is 4.79 Å². The smallest absolute Gasteiger partial charge is 0.414 e. The summed E-state index contributed by atoms with van der Waals surface area (Å²) in [5.41, 5.74) is 0.574. The molecule has 0 bridgehead atoms. The van der Waals surface area contributed by atoms with E-state index in [1.807, 2.05) is 0 Å². The zero-order valence-corrected chi connectivity index (χ0v) is 17.0. The van der Waals surface area contributed by atoms with E-state index in [-0.39, 0.29) is 29.6 Å². The van der Waals surface area contributed by atoms with Crippen LogP contribution in [0.1, 0.15) is 40.0 Å². The fourth-order valence-electron chi connectivity index (χ4n) is 4.38. The van der Waals surface area contributed by atoms with Crippen molar-refractivity contribution in [2.24, 2.45) is 5.92 Å². The molecule has 152 valence electrons. The molecule has 3 aliphatic rings. The number of alkyl carbamates (subject to hydrolysis) is 1. The predicted octanol–water partition coefficient (Wildman–Crippen LogP) is 2.55. The largest absolute Gasteiger partial charge is 0.443 e. The lowest BCUT2D eigenvalue weighted by molar-refractivity contribution is -0.124. The lowest BCUT2D eigenvalue weighted by atomic mass is 9.68. The van der Waals surface area contributed by atoms with Gasteiger partial charge in [0.1, 0.15) is 29.3 Å². The summed E-state index contributed by atoms with van der Waals surface area (Å²) >= 11 is 5.42. The molecule has 0 unspecified atom stereocenters. The van der Waals surface area contributed by atoms with E-state index in [0.717, 1.165) is 12.8 Å². The minimum atomic E-state index is -0.804. The topological polar surface area (TPSA) is 89.7 Å². The highest BCUT2D eigenvalue weighted by Crippen LogP contribution is 2.59. The third kappa shape index (κ3) is 4.16. The number of epoxide rings is 2. The molecule has 2 heterocycles. The normalized spacial score (nSPS) is 39.6. The second-order valence-electron chi connectivity index (χ2n) is 8.00. The summed E-state index contributed by atoms with van der Waals surface area (Å²) < 4.78 is 23.2. The van der Waals surface area contributed by atoms with Crippen molar-refractivity contribution >= 4 is 23.6 Å². The van der Waals surface area contributed by atoms with Crippen LogP contribution >= 0.6 is 11.6 Å². The molecule has 6 atom stereocenters. The third-order valence-electron chi connectivity index (χ3n) is 5.86. The van der Waals surface area contributed by atoms with E-state index in [0.29, 0.717) is 13.0 Å². The lowest BCUT2D eigenvalue weighted by Gasteiger charge is -2.42. The standard InChI is InChI=1S/C19H28ClNO6/c1-11(2)5-6-13-18(3,27-13)16-15(24-4)12(7-8-19(16)10-25-19)26-17(23)21-14(22)9-20/h5,12-13,15-16H,6-10H2,1-4H3,(H,21,22,23)/t12-,13-,15-,16-,18-,19+/m1/s1. The Morgan fingerprint density at radius 1 is 1.37 bits per heavy atom. The van der Waals surface area contributed by atoms with E-state index in [9.17, 15) is 9.59 Å². The van der Waals surface area contributed by atoms with Gasteiger partial charge in [-0.25, -0.2) is 4.79 Å². The van der Waals surface area contributed by atoms with Gasteiger partial charge >= 0.3 is 6.09 Å². The molecular weight excluding hydrogens is 374 g/mol. The Kier molecular flexibility index (Phi) is 5.87. The highest BCUT2D eigenvalue weighted by atomic mass is 35.5. The molecule has 1 N–H and O–H groups in total. The second-order valence-corrected chi connectivity index (χ2v) is 8.27. The van der Waals surface area contributed by atoms with Gasteiger partial charge in [-0.15, -0.1) is 11.6 Å². The number of nitrogens with one attached hydrogen (secondary N) is 1. The van der Waals surface area contributed by atoms with Crippen LogP contribution in [0.5, 0.6) is 0 Å². The van der Waals surface area contributed by atoms with Crippen molar-refractivity contribution < 1.29 is 28.5 Å². The monoisotopic (exact) mass is 401 g/mol. The first-order chi connectivity index (χ1) is 12.8. The molecular formula is C19H28ClNO6. The van der Waals surface area contributed by atoms with E-state index in [2.05, 4.69) is 32.2 Å². The summed E-state index contributed by atoms with van der Waals surface area (Å²) in [6.45, 7) is 6.87. The Bertz CT molecular complexity index is 630. The van der Waals surface area contributed by atoms with Gasteiger partial charge in [-0.2, -0.15) is 0 Å². The summed E-state index contributed by atoms with van der Waals surface area (Å²) in [5.74, 6) is -0.949. The number of alkyl halides is 1. The number of rotatable bonds is 6. The maximum atomic E-state index is 12.0. The van der Waals surface area contributed by atoms with Crippen LogP contribution in [-0.4, -0.2) is 61.1 Å². The maximum Gasteiger partial charge on any atom is 0.414 e. The lowest BCUT2D eigenvalue weighted by Crippen LogP contribution is -2.56. The highest BCUT2D eigenvalue weighted by Gasteiger charge is 2.72. The van der Waals surface area contributed by atoms with Crippen molar-refractivity contribution in [1.82, 2.24) is 5.32 Å². The number of methoxy groups -OCH3 is 1. The van der Waals surface area contributed by atoms with Crippen LogP contribution in [-0.2, 0) is 23.7 Å². The van der Waals surface area contributed by atoms with Gasteiger partial charge in [0, 0.05) is 7.11 Å². The van der Waals surface area contributed by atoms with Crippen LogP contribution in [0, 0.1) is 5.92 Å². The number of carbonyl (C=O) groups is 2. The summed E-state index contributed by atoms with van der Waals surface area (Å²) in [6, 6.07) is 0. The van der Waals surface area contributed by atoms with Crippen LogP contribution in [0.25, 0.3) is 0 Å². The first-order valence-electron chi connectivity index (χ1n) is 9.30. The summed E-state index contributed by atoms with van der Waals surface area (Å²) in [6.07, 6.45) is 2.78. The van der Waals surface area contributed by atoms with Gasteiger partial charge in [-0.1, -0.05) is 11.6 Å². The molecule has 0 radical (unpaired) electrons. The average Bonchev–Trinajstić information content (AvgIpc) is 3.52. The van der Waals surface area contributed by atoms with Crippen LogP contribution < -0.4 is 5.32 Å². The summed E-state index contributed by atoms with van der Waals surface area (Å²) in [4.78, 5) is 23.3. The Balaban J connectivity index is 1.73. The Labute approximate surface area is 164 Å². The predicted molar refractivity (Wildman–Crippen MR) is 98.7 cm³/mol. The summed E-state index contributed by atoms with van der Waals surface area (Å²) in [5, 5.41) is 2.11. The number of hydrogen-bond acceptors (Lipinski definition) is 6. The number of carbonyl (C=O) groups excluding carboxylic acids is 2. The zero-order chi connectivity index (χ0) is 19.8. The SMILES string of the molecule is CO[C@@H]1[C@H](OC(=O)NC(=O)CCl)CC[C@]2(CO2)[C@H]1[C@]1(C)O[C@@H]1CC=C(C)C. The highest BCUT2D eigenvalue weighted by molar-refractivity contribution is 6.28. The van der Waals surface area contributed by atoms with Crippen molar-refractivity contribution in [3.05, 3.63) is 11.6 Å². The van der Waals surface area contributed by atoms with E-state index >= 15 is 0 Å². The number of imide groups is 1. The van der Waals surface area contributed by atoms with Gasteiger partial charge in [0.2, 0.25) is 5.91 Å². The van der Waals surface area contributed by atoms with E-state index in [1.165, 1.54) is 5.57 Å². The molecule has 1 aliphatic carbocycles. The Morgan fingerprint density at radius 3 is 2.63 bits per heavy atom. The molecule has 1 saturated carbocycles. The average molecular weight is 402 g/mol. The number of halogens is 1. The van der Waals surface area contributed by atoms with E-state index in [4.69, 9.17) is 30.5 Å². The molecule has 3 rings (SSSR count). The molecule has 2 saturated heterocycles. The van der Waals surface area contributed by atoms with Crippen molar-refractivity contribution in [3.63, 3.8) is 0 Å². The molecule has 0 aromatic heterocycles. The first kappa shape index (κ1) is 20.6. The molecule has 2 amide bonds. The first-order valence-corrected chi connectivity index (χ1v) is 9.83. The second kappa shape index (κ2) is 7.70. The van der Waals surface area contributed by atoms with Gasteiger partial charge in [-0.3, -0.25) is 10.1 Å². The molecule has 27 heavy (non-hydrogen) atoms. The van der Waals surface area contributed by atoms with E-state index < -0.39 is 23.7 Å². The number of ether oxygens (including phenoxy) is 4. The Hall–Kier alpha value is -1.15.